The fourth-order valence-corrected chi connectivity index (χ4v) is 3.70. The number of fused-ring (bicyclic) bond motifs is 2. The van der Waals surface area contributed by atoms with Gasteiger partial charge in [0.15, 0.2) is 5.69 Å². The Balaban J connectivity index is 1.38. The third-order valence-corrected chi connectivity index (χ3v) is 5.05. The van der Waals surface area contributed by atoms with Crippen molar-refractivity contribution in [3.8, 4) is 5.75 Å². The van der Waals surface area contributed by atoms with Gasteiger partial charge in [0.1, 0.15) is 17.9 Å². The second-order valence-electron chi connectivity index (χ2n) is 6.99. The molecule has 3 aromatic rings. The number of carbonyl (C=O) groups excluding carboxylic acids is 1. The van der Waals surface area contributed by atoms with Crippen LogP contribution < -0.4 is 10.1 Å². The molecule has 0 bridgehead atoms. The molecular weight excluding hydrogens is 340 g/mol. The minimum atomic E-state index is -0.121. The molecule has 0 radical (unpaired) electrons. The molecule has 4 rings (SSSR count). The van der Waals surface area contributed by atoms with Gasteiger partial charge in [-0.2, -0.15) is 5.10 Å². The summed E-state index contributed by atoms with van der Waals surface area (Å²) in [5.41, 5.74) is 4.67. The number of ether oxygens (including phenoxy) is 1. The lowest BCUT2D eigenvalue weighted by Crippen LogP contribution is -2.29. The number of para-hydroxylation sites is 1. The highest BCUT2D eigenvalue weighted by molar-refractivity contribution is 5.94. The van der Waals surface area contributed by atoms with Gasteiger partial charge in [0.25, 0.3) is 5.91 Å². The molecule has 0 saturated carbocycles. The van der Waals surface area contributed by atoms with E-state index in [0.29, 0.717) is 18.8 Å². The molecule has 0 unspecified atom stereocenters. The quantitative estimate of drug-likeness (QED) is 0.707. The number of aryl methyl sites for hydroxylation is 2. The second kappa shape index (κ2) is 7.39. The van der Waals surface area contributed by atoms with Crippen LogP contribution in [0.25, 0.3) is 10.9 Å². The maximum Gasteiger partial charge on any atom is 0.272 e. The van der Waals surface area contributed by atoms with Gasteiger partial charge in [0, 0.05) is 29.4 Å². The van der Waals surface area contributed by atoms with Gasteiger partial charge < -0.3 is 10.1 Å². The Morgan fingerprint density at radius 1 is 1.22 bits per heavy atom. The minimum Gasteiger partial charge on any atom is -0.489 e. The van der Waals surface area contributed by atoms with Crippen LogP contribution in [0.2, 0.25) is 0 Å². The Labute approximate surface area is 158 Å². The minimum absolute atomic E-state index is 0.121. The number of benzene rings is 1. The van der Waals surface area contributed by atoms with Crippen LogP contribution in [0.15, 0.2) is 30.3 Å². The van der Waals surface area contributed by atoms with E-state index in [9.17, 15) is 4.79 Å². The standard InChI is InChI=1S/C21H24N4O2/c1-14-10-11-15-6-5-9-18(19(15)23-14)27-13-12-22-21(26)20-16-7-3-4-8-17(16)25(2)24-20/h5-6,9-11H,3-4,7-8,12-13H2,1-2H3,(H,22,26). The van der Waals surface area contributed by atoms with Gasteiger partial charge in [0.2, 0.25) is 0 Å². The summed E-state index contributed by atoms with van der Waals surface area (Å²) in [6, 6.07) is 9.90. The molecule has 1 aliphatic carbocycles. The lowest BCUT2D eigenvalue weighted by atomic mass is 9.95. The van der Waals surface area contributed by atoms with Gasteiger partial charge >= 0.3 is 0 Å². The van der Waals surface area contributed by atoms with Gasteiger partial charge in [-0.3, -0.25) is 9.48 Å². The van der Waals surface area contributed by atoms with Crippen LogP contribution in [0.3, 0.4) is 0 Å². The molecule has 0 atom stereocenters. The van der Waals surface area contributed by atoms with Crippen LogP contribution in [0.5, 0.6) is 5.75 Å². The topological polar surface area (TPSA) is 69.0 Å². The highest BCUT2D eigenvalue weighted by atomic mass is 16.5. The van der Waals surface area contributed by atoms with Gasteiger partial charge in [-0.15, -0.1) is 0 Å². The van der Waals surface area contributed by atoms with E-state index in [-0.39, 0.29) is 5.91 Å². The van der Waals surface area contributed by atoms with Crippen molar-refractivity contribution < 1.29 is 9.53 Å². The SMILES string of the molecule is Cc1ccc2cccc(OCCNC(=O)c3nn(C)c4c3CCCC4)c2n1. The molecule has 1 aromatic carbocycles. The van der Waals surface area contributed by atoms with Crippen LogP contribution in [0, 0.1) is 6.92 Å². The first-order chi connectivity index (χ1) is 13.1. The van der Waals surface area contributed by atoms with Crippen molar-refractivity contribution >= 4 is 16.8 Å². The number of amides is 1. The van der Waals surface area contributed by atoms with Gasteiger partial charge in [-0.1, -0.05) is 18.2 Å². The number of carbonyl (C=O) groups is 1. The molecule has 140 valence electrons. The number of hydrogen-bond donors (Lipinski definition) is 1. The van der Waals surface area contributed by atoms with Crippen molar-refractivity contribution in [3.63, 3.8) is 0 Å². The summed E-state index contributed by atoms with van der Waals surface area (Å²) in [7, 11) is 1.92. The van der Waals surface area contributed by atoms with Crippen molar-refractivity contribution in [2.24, 2.45) is 7.05 Å². The molecule has 2 heterocycles. The Morgan fingerprint density at radius 2 is 2.07 bits per heavy atom. The molecule has 1 amide bonds. The van der Waals surface area contributed by atoms with Crippen LogP contribution in [0.4, 0.5) is 0 Å². The highest BCUT2D eigenvalue weighted by Gasteiger charge is 2.23. The summed E-state index contributed by atoms with van der Waals surface area (Å²) in [4.78, 5) is 17.1. The van der Waals surface area contributed by atoms with E-state index in [4.69, 9.17) is 4.74 Å². The maximum absolute atomic E-state index is 12.5. The Kier molecular flexibility index (Phi) is 4.79. The Hall–Kier alpha value is -2.89. The predicted molar refractivity (Wildman–Crippen MR) is 104 cm³/mol. The van der Waals surface area contributed by atoms with Crippen LogP contribution in [0.1, 0.15) is 40.3 Å². The van der Waals surface area contributed by atoms with Crippen molar-refractivity contribution in [1.29, 1.82) is 0 Å². The first-order valence-electron chi connectivity index (χ1n) is 9.45. The van der Waals surface area contributed by atoms with Gasteiger partial charge in [-0.25, -0.2) is 4.98 Å². The summed E-state index contributed by atoms with van der Waals surface area (Å²) in [5, 5.41) is 8.41. The van der Waals surface area contributed by atoms with Crippen molar-refractivity contribution in [2.45, 2.75) is 32.6 Å². The highest BCUT2D eigenvalue weighted by Crippen LogP contribution is 2.25. The molecule has 1 N–H and O–H groups in total. The molecule has 6 heteroatoms. The summed E-state index contributed by atoms with van der Waals surface area (Å²) in [6.07, 6.45) is 4.22. The third-order valence-electron chi connectivity index (χ3n) is 5.05. The molecular formula is C21H24N4O2. The first-order valence-corrected chi connectivity index (χ1v) is 9.45. The number of aromatic nitrogens is 3. The molecule has 0 spiro atoms. The van der Waals surface area contributed by atoms with Crippen molar-refractivity contribution in [2.75, 3.05) is 13.2 Å². The number of pyridine rings is 1. The predicted octanol–water partition coefficient (Wildman–Crippen LogP) is 2.96. The largest absolute Gasteiger partial charge is 0.489 e. The van der Waals surface area contributed by atoms with E-state index in [2.05, 4.69) is 15.4 Å². The van der Waals surface area contributed by atoms with Crippen molar-refractivity contribution in [1.82, 2.24) is 20.1 Å². The van der Waals surface area contributed by atoms with E-state index in [1.807, 2.05) is 49.0 Å². The summed E-state index contributed by atoms with van der Waals surface area (Å²) in [5.74, 6) is 0.616. The van der Waals surface area contributed by atoms with Crippen LogP contribution >= 0.6 is 0 Å². The van der Waals surface area contributed by atoms with Crippen molar-refractivity contribution in [3.05, 3.63) is 53.0 Å². The molecule has 0 aliphatic heterocycles. The normalized spacial score (nSPS) is 13.4. The number of hydrogen-bond acceptors (Lipinski definition) is 4. The lowest BCUT2D eigenvalue weighted by Gasteiger charge is -2.12. The number of rotatable bonds is 5. The van der Waals surface area contributed by atoms with E-state index < -0.39 is 0 Å². The average molecular weight is 364 g/mol. The molecule has 0 fully saturated rings. The van der Waals surface area contributed by atoms with Crippen LogP contribution in [-0.4, -0.2) is 33.8 Å². The first kappa shape index (κ1) is 17.5. The molecule has 1 aliphatic rings. The lowest BCUT2D eigenvalue weighted by molar-refractivity contribution is 0.0940. The van der Waals surface area contributed by atoms with Crippen LogP contribution in [-0.2, 0) is 19.9 Å². The van der Waals surface area contributed by atoms with E-state index in [0.717, 1.165) is 47.2 Å². The zero-order valence-corrected chi connectivity index (χ0v) is 15.8. The smallest absolute Gasteiger partial charge is 0.272 e. The fraction of sp³-hybridized carbons (Fsp3) is 0.381. The van der Waals surface area contributed by atoms with E-state index in [1.54, 1.807) is 0 Å². The summed E-state index contributed by atoms with van der Waals surface area (Å²) in [6.45, 7) is 2.77. The fourth-order valence-electron chi connectivity index (χ4n) is 3.70. The summed E-state index contributed by atoms with van der Waals surface area (Å²) >= 11 is 0. The second-order valence-corrected chi connectivity index (χ2v) is 6.99. The maximum atomic E-state index is 12.5. The summed E-state index contributed by atoms with van der Waals surface area (Å²) < 4.78 is 7.73. The molecule has 0 saturated heterocycles. The third kappa shape index (κ3) is 3.52. The number of nitrogens with one attached hydrogen (secondary N) is 1. The molecule has 2 aromatic heterocycles. The van der Waals surface area contributed by atoms with E-state index in [1.165, 1.54) is 12.1 Å². The van der Waals surface area contributed by atoms with Gasteiger partial charge in [-0.05, 0) is 44.7 Å². The zero-order valence-electron chi connectivity index (χ0n) is 15.8. The number of nitrogens with zero attached hydrogens (tertiary/aromatic N) is 3. The zero-order chi connectivity index (χ0) is 18.8. The van der Waals surface area contributed by atoms with E-state index >= 15 is 0 Å². The Morgan fingerprint density at radius 3 is 2.96 bits per heavy atom. The molecule has 6 nitrogen and oxygen atoms in total. The Bertz CT molecular complexity index is 993. The molecule has 27 heavy (non-hydrogen) atoms. The average Bonchev–Trinajstić information content (AvgIpc) is 3.02. The van der Waals surface area contributed by atoms with Gasteiger partial charge in [0.05, 0.1) is 6.54 Å². The monoisotopic (exact) mass is 364 g/mol.